The van der Waals surface area contributed by atoms with Crippen LogP contribution in [0.3, 0.4) is 0 Å². The number of hydrogen-bond donors (Lipinski definition) is 0. The number of nitrogens with zero attached hydrogens (tertiary/aromatic N) is 2. The minimum Gasteiger partial charge on any atom is -0.493 e. The summed E-state index contributed by atoms with van der Waals surface area (Å²) in [6.07, 6.45) is 2.11. The predicted molar refractivity (Wildman–Crippen MR) is 204 cm³/mol. The largest absolute Gasteiger partial charge is 0.493 e. The SMILES string of the molecule is C=CCOCc1c(C)c(OC)c(OC)c2c1C(=O)[C@@H]1[C@@H]3c4c(cc(C)c(OC)c4OCc4ccccc4)C[C@H](C(=O)N1[C@H]2COCc1ccccc1)N3C. The van der Waals surface area contributed by atoms with Crippen molar-refractivity contribution in [3.8, 4) is 23.0 Å². The van der Waals surface area contributed by atoms with Crippen LogP contribution in [0.2, 0.25) is 0 Å². The fourth-order valence-electron chi connectivity index (χ4n) is 8.62. The molecule has 54 heavy (non-hydrogen) atoms. The number of Topliss-reactive ketones (excluding diaryl/α,β-unsaturated/α-hetero) is 1. The first kappa shape index (κ1) is 37.2. The van der Waals surface area contributed by atoms with E-state index >= 15 is 9.59 Å². The summed E-state index contributed by atoms with van der Waals surface area (Å²) in [6.45, 7) is 8.84. The van der Waals surface area contributed by atoms with Crippen LogP contribution in [0, 0.1) is 13.8 Å². The molecule has 0 aromatic heterocycles. The highest BCUT2D eigenvalue weighted by Crippen LogP contribution is 2.56. The van der Waals surface area contributed by atoms with Gasteiger partial charge in [0.1, 0.15) is 12.6 Å². The molecule has 0 aliphatic carbocycles. The normalized spacial score (nSPS) is 20.1. The summed E-state index contributed by atoms with van der Waals surface area (Å²) in [7, 11) is 6.70. The molecule has 4 aromatic carbocycles. The van der Waals surface area contributed by atoms with Gasteiger partial charge in [-0.25, -0.2) is 0 Å². The maximum Gasteiger partial charge on any atom is 0.241 e. The molecule has 3 heterocycles. The van der Waals surface area contributed by atoms with Gasteiger partial charge in [0.25, 0.3) is 0 Å². The first-order valence-electron chi connectivity index (χ1n) is 18.3. The minimum atomic E-state index is -0.933. The molecule has 10 heteroatoms. The highest BCUT2D eigenvalue weighted by Gasteiger charge is 2.59. The number of amides is 1. The van der Waals surface area contributed by atoms with E-state index in [-0.39, 0.29) is 31.5 Å². The number of ketones is 1. The zero-order valence-corrected chi connectivity index (χ0v) is 31.8. The standard InChI is InChI=1S/C44H48N2O8/c1-8-19-52-24-31-27(3)41(50-6)42(51-7)36-33(25-53-22-28-15-11-9-12-16-28)46-38(39(47)35(31)36)37-34-30(21-32(44(46)48)45(37)4)20-26(2)40(49-5)43(34)54-23-29-17-13-10-14-18-29/h8-18,20,32-33,37-38H,1,19,21-25H2,2-7H3/t32-,33+,37+,38+/m1/s1. The molecule has 1 fully saturated rings. The van der Waals surface area contributed by atoms with Crippen LogP contribution in [-0.4, -0.2) is 75.2 Å². The van der Waals surface area contributed by atoms with Crippen LogP contribution in [0.15, 0.2) is 79.4 Å². The second-order valence-corrected chi connectivity index (χ2v) is 14.1. The van der Waals surface area contributed by atoms with Crippen molar-refractivity contribution >= 4 is 11.7 Å². The summed E-state index contributed by atoms with van der Waals surface area (Å²) in [5, 5.41) is 0. The molecule has 4 aromatic rings. The first-order chi connectivity index (χ1) is 26.2. The molecule has 7 rings (SSSR count). The number of piperazine rings is 1. The van der Waals surface area contributed by atoms with Crippen molar-refractivity contribution in [3.05, 3.63) is 129 Å². The molecule has 0 N–H and O–H groups in total. The average molecular weight is 733 g/mol. The van der Waals surface area contributed by atoms with E-state index in [2.05, 4.69) is 12.6 Å². The molecule has 0 radical (unpaired) electrons. The molecule has 1 saturated heterocycles. The van der Waals surface area contributed by atoms with Crippen LogP contribution in [0.25, 0.3) is 0 Å². The number of carbonyl (C=O) groups is 2. The van der Waals surface area contributed by atoms with E-state index in [0.29, 0.717) is 59.3 Å². The third-order valence-electron chi connectivity index (χ3n) is 11.0. The molecule has 0 saturated carbocycles. The van der Waals surface area contributed by atoms with Gasteiger partial charge in [0.15, 0.2) is 28.8 Å². The topological polar surface area (TPSA) is 96.0 Å². The summed E-state index contributed by atoms with van der Waals surface area (Å²) < 4.78 is 37.3. The first-order valence-corrected chi connectivity index (χ1v) is 18.3. The van der Waals surface area contributed by atoms with Gasteiger partial charge in [0.05, 0.1) is 65.9 Å². The summed E-state index contributed by atoms with van der Waals surface area (Å²) in [5.74, 6) is 1.70. The van der Waals surface area contributed by atoms with Gasteiger partial charge in [-0.15, -0.1) is 6.58 Å². The molecule has 0 unspecified atom stereocenters. The van der Waals surface area contributed by atoms with Gasteiger partial charge in [-0.3, -0.25) is 14.5 Å². The Labute approximate surface area is 317 Å². The number of carbonyl (C=O) groups excluding carboxylic acids is 2. The Morgan fingerprint density at radius 3 is 2.06 bits per heavy atom. The molecule has 3 aliphatic heterocycles. The fourth-order valence-corrected chi connectivity index (χ4v) is 8.62. The van der Waals surface area contributed by atoms with Gasteiger partial charge in [0.2, 0.25) is 5.91 Å². The Morgan fingerprint density at radius 1 is 0.778 bits per heavy atom. The van der Waals surface area contributed by atoms with E-state index in [0.717, 1.165) is 33.4 Å². The van der Waals surface area contributed by atoms with Crippen LogP contribution in [0.1, 0.15) is 66.9 Å². The van der Waals surface area contributed by atoms with E-state index in [1.165, 1.54) is 0 Å². The van der Waals surface area contributed by atoms with E-state index < -0.39 is 24.2 Å². The van der Waals surface area contributed by atoms with Gasteiger partial charge in [-0.05, 0) is 55.1 Å². The highest BCUT2D eigenvalue weighted by atomic mass is 16.5. The predicted octanol–water partition coefficient (Wildman–Crippen LogP) is 6.87. The highest BCUT2D eigenvalue weighted by molar-refractivity contribution is 6.09. The van der Waals surface area contributed by atoms with E-state index in [9.17, 15) is 0 Å². The zero-order valence-electron chi connectivity index (χ0n) is 31.8. The Bertz CT molecular complexity index is 2050. The zero-order chi connectivity index (χ0) is 38.1. The van der Waals surface area contributed by atoms with Crippen LogP contribution in [-0.2, 0) is 40.5 Å². The quantitative estimate of drug-likeness (QED) is 0.102. The van der Waals surface area contributed by atoms with Crippen molar-refractivity contribution in [1.82, 2.24) is 9.80 Å². The third-order valence-corrected chi connectivity index (χ3v) is 11.0. The monoisotopic (exact) mass is 732 g/mol. The number of methoxy groups -OCH3 is 3. The second kappa shape index (κ2) is 15.7. The number of hydrogen-bond acceptors (Lipinski definition) is 9. The van der Waals surface area contributed by atoms with Crippen molar-refractivity contribution in [2.24, 2.45) is 0 Å². The van der Waals surface area contributed by atoms with Gasteiger partial charge in [0, 0.05) is 22.3 Å². The van der Waals surface area contributed by atoms with E-state index in [1.54, 1.807) is 32.3 Å². The number of ether oxygens (including phenoxy) is 6. The lowest BCUT2D eigenvalue weighted by atomic mass is 9.72. The van der Waals surface area contributed by atoms with Crippen molar-refractivity contribution < 1.29 is 38.0 Å². The van der Waals surface area contributed by atoms with Gasteiger partial charge in [-0.1, -0.05) is 72.8 Å². The molecule has 10 nitrogen and oxygen atoms in total. The number of fused-ring (bicyclic) bond motifs is 7. The molecule has 2 bridgehead atoms. The summed E-state index contributed by atoms with van der Waals surface area (Å²) in [6, 6.07) is 19.2. The fraction of sp³-hybridized carbons (Fsp3) is 0.364. The Kier molecular flexibility index (Phi) is 10.8. The number of aryl methyl sites for hydroxylation is 1. The molecule has 3 aliphatic rings. The van der Waals surface area contributed by atoms with Crippen LogP contribution in [0.5, 0.6) is 23.0 Å². The van der Waals surface area contributed by atoms with Crippen molar-refractivity contribution in [2.45, 2.75) is 64.3 Å². The molecular formula is C44H48N2O8. The minimum absolute atomic E-state index is 0.109. The maximum atomic E-state index is 15.6. The Hall–Kier alpha value is -5.16. The summed E-state index contributed by atoms with van der Waals surface area (Å²) in [5.41, 5.74) is 7.12. The van der Waals surface area contributed by atoms with Crippen molar-refractivity contribution in [3.63, 3.8) is 0 Å². The van der Waals surface area contributed by atoms with Gasteiger partial charge < -0.3 is 33.3 Å². The van der Waals surface area contributed by atoms with Crippen LogP contribution >= 0.6 is 0 Å². The van der Waals surface area contributed by atoms with Crippen LogP contribution < -0.4 is 18.9 Å². The average Bonchev–Trinajstić information content (AvgIpc) is 3.18. The lowest BCUT2D eigenvalue weighted by Gasteiger charge is -2.56. The molecular weight excluding hydrogens is 684 g/mol. The number of likely N-dealkylation sites (N-methyl/N-ethyl adjacent to an activating group) is 1. The van der Waals surface area contributed by atoms with Crippen LogP contribution in [0.4, 0.5) is 0 Å². The molecule has 0 spiro atoms. The molecule has 4 atom stereocenters. The third kappa shape index (κ3) is 6.32. The summed E-state index contributed by atoms with van der Waals surface area (Å²) in [4.78, 5) is 34.4. The smallest absolute Gasteiger partial charge is 0.241 e. The van der Waals surface area contributed by atoms with E-state index in [1.807, 2.05) is 86.5 Å². The Morgan fingerprint density at radius 2 is 1.43 bits per heavy atom. The van der Waals surface area contributed by atoms with Gasteiger partial charge >= 0.3 is 0 Å². The lowest BCUT2D eigenvalue weighted by Crippen LogP contribution is -2.68. The van der Waals surface area contributed by atoms with Gasteiger partial charge in [-0.2, -0.15) is 0 Å². The lowest BCUT2D eigenvalue weighted by molar-refractivity contribution is -0.156. The van der Waals surface area contributed by atoms with Crippen molar-refractivity contribution in [2.75, 3.05) is 41.6 Å². The number of benzene rings is 4. The number of rotatable bonds is 14. The summed E-state index contributed by atoms with van der Waals surface area (Å²) >= 11 is 0. The second-order valence-electron chi connectivity index (χ2n) is 14.1. The molecule has 282 valence electrons. The Balaban J connectivity index is 1.44. The maximum absolute atomic E-state index is 15.6. The van der Waals surface area contributed by atoms with E-state index in [4.69, 9.17) is 28.4 Å². The van der Waals surface area contributed by atoms with Crippen molar-refractivity contribution in [1.29, 1.82) is 0 Å². The molecule has 1 amide bonds.